The first-order valence-electron chi connectivity index (χ1n) is 9.36. The number of hydrogen-bond acceptors (Lipinski definition) is 1. The number of carbonyl (C=O) groups excluding carboxylic acids is 1. The summed E-state index contributed by atoms with van der Waals surface area (Å²) in [5.41, 5.74) is 2.73. The molecule has 0 aliphatic rings. The molecule has 0 saturated heterocycles. The summed E-state index contributed by atoms with van der Waals surface area (Å²) < 4.78 is 0. The van der Waals surface area contributed by atoms with E-state index in [-0.39, 0.29) is 10.7 Å². The topological polar surface area (TPSA) is 20.3 Å². The normalized spacial score (nSPS) is 13.0. The van der Waals surface area contributed by atoms with Crippen molar-refractivity contribution in [2.24, 2.45) is 0 Å². The van der Waals surface area contributed by atoms with Crippen molar-refractivity contribution in [3.05, 3.63) is 109 Å². The molecule has 0 bridgehead atoms. The van der Waals surface area contributed by atoms with Gasteiger partial charge >= 0.3 is 0 Å². The summed E-state index contributed by atoms with van der Waals surface area (Å²) in [6.45, 7) is 0. The number of anilines is 2. The minimum absolute atomic E-state index is 0.0304. The quantitative estimate of drug-likeness (QED) is 0.257. The van der Waals surface area contributed by atoms with Crippen LogP contribution in [0.15, 0.2) is 103 Å². The average molecular weight is 509 g/mol. The van der Waals surface area contributed by atoms with E-state index in [0.717, 1.165) is 27.7 Å². The second-order valence-electron chi connectivity index (χ2n) is 6.75. The van der Waals surface area contributed by atoms with Crippen molar-refractivity contribution >= 4 is 59.9 Å². The summed E-state index contributed by atoms with van der Waals surface area (Å²) in [7, 11) is 0. The number of fused-ring (bicyclic) bond motifs is 1. The Kier molecular flexibility index (Phi) is 6.12. The van der Waals surface area contributed by atoms with Crippen LogP contribution in [0.5, 0.6) is 0 Å². The molecule has 4 aromatic carbocycles. The highest BCUT2D eigenvalue weighted by Crippen LogP contribution is 2.36. The van der Waals surface area contributed by atoms with Crippen LogP contribution in [0.1, 0.15) is 10.4 Å². The Balaban J connectivity index is 1.75. The first kappa shape index (κ1) is 19.9. The number of nitrogens with zero attached hydrogens (tertiary/aromatic N) is 1. The van der Waals surface area contributed by atoms with E-state index in [1.165, 1.54) is 0 Å². The van der Waals surface area contributed by atoms with Gasteiger partial charge < -0.3 is 0 Å². The van der Waals surface area contributed by atoms with Gasteiger partial charge in [0.25, 0.3) is 0 Å². The van der Waals surface area contributed by atoms with E-state index in [2.05, 4.69) is 56.1 Å². The lowest BCUT2D eigenvalue weighted by molar-refractivity contribution is -0.117. The SMILES string of the molecule is O=C([C@@H](Br)[C@@H](Br)c1ccccc1)N(c1ccccc1)c1ccc2ccccc2c1. The van der Waals surface area contributed by atoms with Crippen LogP contribution in [0.25, 0.3) is 10.8 Å². The third-order valence-electron chi connectivity index (χ3n) is 4.84. The summed E-state index contributed by atoms with van der Waals surface area (Å²) in [5, 5.41) is 2.25. The van der Waals surface area contributed by atoms with Gasteiger partial charge in [-0.3, -0.25) is 9.69 Å². The Hall–Kier alpha value is -2.43. The van der Waals surface area contributed by atoms with E-state index in [0.29, 0.717) is 0 Å². The van der Waals surface area contributed by atoms with Crippen molar-refractivity contribution in [2.45, 2.75) is 9.65 Å². The molecule has 144 valence electrons. The summed E-state index contributed by atoms with van der Waals surface area (Å²) in [5.74, 6) is -0.0304. The summed E-state index contributed by atoms with van der Waals surface area (Å²) >= 11 is 7.36. The first-order chi connectivity index (χ1) is 14.1. The Morgan fingerprint density at radius 1 is 0.655 bits per heavy atom. The van der Waals surface area contributed by atoms with E-state index >= 15 is 0 Å². The minimum Gasteiger partial charge on any atom is -0.280 e. The van der Waals surface area contributed by atoms with Gasteiger partial charge in [0, 0.05) is 11.4 Å². The van der Waals surface area contributed by atoms with Gasteiger partial charge in [0.05, 0.1) is 4.83 Å². The van der Waals surface area contributed by atoms with Gasteiger partial charge in [-0.2, -0.15) is 0 Å². The summed E-state index contributed by atoms with van der Waals surface area (Å²) in [6.07, 6.45) is 0. The maximum atomic E-state index is 13.6. The average Bonchev–Trinajstić information content (AvgIpc) is 2.79. The number of alkyl halides is 2. The Bertz CT molecular complexity index is 1120. The highest BCUT2D eigenvalue weighted by Gasteiger charge is 2.31. The molecule has 0 heterocycles. The molecule has 0 N–H and O–H groups in total. The molecular formula is C25H19Br2NO. The molecule has 0 aromatic heterocycles. The smallest absolute Gasteiger partial charge is 0.246 e. The lowest BCUT2D eigenvalue weighted by Gasteiger charge is -2.28. The van der Waals surface area contributed by atoms with Crippen LogP contribution >= 0.6 is 31.9 Å². The van der Waals surface area contributed by atoms with Crippen molar-refractivity contribution in [1.29, 1.82) is 0 Å². The number of benzene rings is 4. The lowest BCUT2D eigenvalue weighted by atomic mass is 10.1. The zero-order chi connectivity index (χ0) is 20.2. The molecule has 2 nitrogen and oxygen atoms in total. The number of halogens is 2. The number of rotatable bonds is 5. The molecule has 4 heteroatoms. The number of para-hydroxylation sites is 1. The molecule has 0 radical (unpaired) electrons. The van der Waals surface area contributed by atoms with Crippen molar-refractivity contribution in [2.75, 3.05) is 4.90 Å². The second-order valence-corrected chi connectivity index (χ2v) is 8.73. The molecule has 0 aliphatic heterocycles. The van der Waals surface area contributed by atoms with Gasteiger partial charge in [-0.1, -0.05) is 111 Å². The standard InChI is InChI=1S/C25H19Br2NO/c26-23(19-10-3-1-4-11-19)24(27)25(29)28(21-13-5-2-6-14-21)22-16-15-18-9-7-8-12-20(18)17-22/h1-17,23-24H/t23-,24-/m0/s1. The van der Waals surface area contributed by atoms with Crippen LogP contribution < -0.4 is 4.90 Å². The maximum Gasteiger partial charge on any atom is 0.246 e. The van der Waals surface area contributed by atoms with Crippen LogP contribution in [0.4, 0.5) is 11.4 Å². The number of hydrogen-bond donors (Lipinski definition) is 0. The molecule has 0 spiro atoms. The van der Waals surface area contributed by atoms with Gasteiger partial charge in [-0.25, -0.2) is 0 Å². The van der Waals surface area contributed by atoms with Crippen molar-refractivity contribution < 1.29 is 4.79 Å². The van der Waals surface area contributed by atoms with Crippen LogP contribution in [0.2, 0.25) is 0 Å². The fraction of sp³-hybridized carbons (Fsp3) is 0.0800. The zero-order valence-corrected chi connectivity index (χ0v) is 18.8. The van der Waals surface area contributed by atoms with Gasteiger partial charge in [0.1, 0.15) is 4.83 Å². The van der Waals surface area contributed by atoms with Crippen LogP contribution in [-0.4, -0.2) is 10.7 Å². The monoisotopic (exact) mass is 507 g/mol. The van der Waals surface area contributed by atoms with Crippen LogP contribution in [0, 0.1) is 0 Å². The minimum atomic E-state index is -0.434. The van der Waals surface area contributed by atoms with E-state index in [1.54, 1.807) is 4.90 Å². The molecule has 4 rings (SSSR count). The Morgan fingerprint density at radius 2 is 1.24 bits per heavy atom. The first-order valence-corrected chi connectivity index (χ1v) is 11.2. The predicted octanol–water partition coefficient (Wildman–Crippen LogP) is 7.40. The van der Waals surface area contributed by atoms with Crippen molar-refractivity contribution in [1.82, 2.24) is 0 Å². The maximum absolute atomic E-state index is 13.6. The lowest BCUT2D eigenvalue weighted by Crippen LogP contribution is -2.35. The number of carbonyl (C=O) groups is 1. The van der Waals surface area contributed by atoms with E-state index < -0.39 is 4.83 Å². The third kappa shape index (κ3) is 4.29. The molecule has 0 saturated carbocycles. The zero-order valence-electron chi connectivity index (χ0n) is 15.6. The van der Waals surface area contributed by atoms with E-state index in [1.807, 2.05) is 78.9 Å². The molecule has 0 fully saturated rings. The van der Waals surface area contributed by atoms with Crippen LogP contribution in [0.3, 0.4) is 0 Å². The molecule has 2 atom stereocenters. The van der Waals surface area contributed by atoms with Gasteiger partial charge in [0.15, 0.2) is 0 Å². The molecule has 0 aliphatic carbocycles. The fourth-order valence-corrected chi connectivity index (χ4v) is 4.39. The Morgan fingerprint density at radius 3 is 1.93 bits per heavy atom. The third-order valence-corrected chi connectivity index (χ3v) is 7.52. The largest absolute Gasteiger partial charge is 0.280 e. The predicted molar refractivity (Wildman–Crippen MR) is 128 cm³/mol. The molecule has 0 unspecified atom stereocenters. The van der Waals surface area contributed by atoms with Crippen molar-refractivity contribution in [3.8, 4) is 0 Å². The van der Waals surface area contributed by atoms with Crippen molar-refractivity contribution in [3.63, 3.8) is 0 Å². The molecule has 29 heavy (non-hydrogen) atoms. The van der Waals surface area contributed by atoms with Gasteiger partial charge in [-0.05, 0) is 40.6 Å². The van der Waals surface area contributed by atoms with E-state index in [9.17, 15) is 4.79 Å². The highest BCUT2D eigenvalue weighted by atomic mass is 79.9. The number of amides is 1. The van der Waals surface area contributed by atoms with Crippen LogP contribution in [-0.2, 0) is 4.79 Å². The summed E-state index contributed by atoms with van der Waals surface area (Å²) in [4.78, 5) is 14.8. The highest BCUT2D eigenvalue weighted by molar-refractivity contribution is 9.12. The molecule has 4 aromatic rings. The summed E-state index contributed by atoms with van der Waals surface area (Å²) in [6, 6.07) is 34.0. The molecule has 1 amide bonds. The second kappa shape index (κ2) is 8.93. The van der Waals surface area contributed by atoms with Gasteiger partial charge in [0.2, 0.25) is 5.91 Å². The fourth-order valence-electron chi connectivity index (χ4n) is 3.35. The van der Waals surface area contributed by atoms with Gasteiger partial charge in [-0.15, -0.1) is 0 Å². The molecular weight excluding hydrogens is 490 g/mol. The Labute approximate surface area is 187 Å². The van der Waals surface area contributed by atoms with E-state index in [4.69, 9.17) is 0 Å².